The van der Waals surface area contributed by atoms with Crippen LogP contribution in [0.5, 0.6) is 0 Å². The molecule has 1 atom stereocenters. The molecule has 0 aliphatic heterocycles. The van der Waals surface area contributed by atoms with Crippen molar-refractivity contribution in [2.24, 2.45) is 0 Å². The van der Waals surface area contributed by atoms with Crippen molar-refractivity contribution >= 4 is 17.9 Å². The Bertz CT molecular complexity index is 473. The Kier molecular flexibility index (Phi) is 5.51. The molecule has 0 aromatic carbocycles. The molecule has 20 heavy (non-hydrogen) atoms. The number of aliphatic carboxylic acids is 1. The molecule has 0 radical (unpaired) electrons. The summed E-state index contributed by atoms with van der Waals surface area (Å²) in [5.41, 5.74) is 0.589. The van der Waals surface area contributed by atoms with Gasteiger partial charge in [0.25, 0.3) is 0 Å². The number of aromatic amines is 1. The molecular formula is C11H17N5O4. The van der Waals surface area contributed by atoms with E-state index in [2.05, 4.69) is 20.6 Å². The highest BCUT2D eigenvalue weighted by Gasteiger charge is 2.23. The minimum atomic E-state index is -1.17. The third kappa shape index (κ3) is 4.59. The predicted molar refractivity (Wildman–Crippen MR) is 68.9 cm³/mol. The number of H-pyrrole nitrogens is 1. The van der Waals surface area contributed by atoms with Crippen LogP contribution in [0.1, 0.15) is 5.69 Å². The lowest BCUT2D eigenvalue weighted by molar-refractivity contribution is -0.139. The largest absolute Gasteiger partial charge is 0.480 e. The first-order valence-electron chi connectivity index (χ1n) is 5.86. The molecule has 0 aliphatic rings. The van der Waals surface area contributed by atoms with Gasteiger partial charge >= 0.3 is 12.0 Å². The second kappa shape index (κ2) is 7.12. The molecule has 0 saturated carbocycles. The number of carboxylic acid groups (broad SMARTS) is 1. The summed E-state index contributed by atoms with van der Waals surface area (Å²) in [4.78, 5) is 41.7. The fourth-order valence-electron chi connectivity index (χ4n) is 1.44. The molecule has 1 unspecified atom stereocenters. The van der Waals surface area contributed by atoms with E-state index in [4.69, 9.17) is 5.11 Å². The van der Waals surface area contributed by atoms with Gasteiger partial charge in [-0.3, -0.25) is 4.79 Å². The number of aromatic nitrogens is 2. The third-order valence-electron chi connectivity index (χ3n) is 2.58. The van der Waals surface area contributed by atoms with Crippen LogP contribution in [0.3, 0.4) is 0 Å². The normalized spacial score (nSPS) is 11.5. The van der Waals surface area contributed by atoms with E-state index in [1.807, 2.05) is 0 Å². The van der Waals surface area contributed by atoms with Crippen LogP contribution in [-0.2, 0) is 16.0 Å². The first-order chi connectivity index (χ1) is 9.43. The Morgan fingerprint density at radius 3 is 2.70 bits per heavy atom. The Balaban J connectivity index is 2.59. The molecule has 0 bridgehead atoms. The molecular weight excluding hydrogens is 266 g/mol. The minimum absolute atomic E-state index is 0.0783. The van der Waals surface area contributed by atoms with Crippen LogP contribution in [0.4, 0.5) is 4.79 Å². The molecule has 1 rings (SSSR count). The van der Waals surface area contributed by atoms with Crippen molar-refractivity contribution in [3.63, 3.8) is 0 Å². The summed E-state index contributed by atoms with van der Waals surface area (Å²) in [6, 6.07) is -1.74. The van der Waals surface area contributed by atoms with E-state index in [0.717, 1.165) is 4.90 Å². The van der Waals surface area contributed by atoms with Crippen molar-refractivity contribution in [1.29, 1.82) is 0 Å². The Morgan fingerprint density at radius 2 is 2.20 bits per heavy atom. The number of amides is 3. The standard InChI is InChI=1S/C11H17N5O4/c1-12-9(17)5-16(2)11(20)15-8(10(18)19)3-7-4-13-6-14-7/h4,6,8H,3,5H2,1-2H3,(H,12,17)(H,13,14)(H,15,20)(H,18,19). The first-order valence-corrected chi connectivity index (χ1v) is 5.86. The molecule has 1 aromatic rings. The number of hydrogen-bond donors (Lipinski definition) is 4. The molecule has 4 N–H and O–H groups in total. The fraction of sp³-hybridized carbons (Fsp3) is 0.455. The molecule has 1 aromatic heterocycles. The molecule has 0 saturated heterocycles. The predicted octanol–water partition coefficient (Wildman–Crippen LogP) is -1.21. The topological polar surface area (TPSA) is 127 Å². The Morgan fingerprint density at radius 1 is 1.50 bits per heavy atom. The van der Waals surface area contributed by atoms with Gasteiger partial charge in [0.1, 0.15) is 12.6 Å². The van der Waals surface area contributed by atoms with E-state index in [1.54, 1.807) is 0 Å². The second-order valence-electron chi connectivity index (χ2n) is 4.15. The lowest BCUT2D eigenvalue weighted by Gasteiger charge is -2.20. The van der Waals surface area contributed by atoms with Crippen LogP contribution in [0, 0.1) is 0 Å². The lowest BCUT2D eigenvalue weighted by Crippen LogP contribution is -2.49. The smallest absolute Gasteiger partial charge is 0.326 e. The number of imidazole rings is 1. The monoisotopic (exact) mass is 283 g/mol. The third-order valence-corrected chi connectivity index (χ3v) is 2.58. The van der Waals surface area contributed by atoms with E-state index in [-0.39, 0.29) is 18.9 Å². The van der Waals surface area contributed by atoms with Gasteiger partial charge < -0.3 is 25.6 Å². The number of rotatable bonds is 6. The number of nitrogens with one attached hydrogen (secondary N) is 3. The highest BCUT2D eigenvalue weighted by molar-refractivity contribution is 5.86. The summed E-state index contributed by atoms with van der Waals surface area (Å²) < 4.78 is 0. The van der Waals surface area contributed by atoms with Crippen LogP contribution in [0.15, 0.2) is 12.5 Å². The van der Waals surface area contributed by atoms with Gasteiger partial charge in [0.2, 0.25) is 5.91 Å². The molecule has 110 valence electrons. The van der Waals surface area contributed by atoms with Crippen LogP contribution in [-0.4, -0.2) is 64.6 Å². The Hall–Kier alpha value is -2.58. The van der Waals surface area contributed by atoms with E-state index < -0.39 is 18.0 Å². The number of carbonyl (C=O) groups excluding carboxylic acids is 2. The maximum Gasteiger partial charge on any atom is 0.326 e. The van der Waals surface area contributed by atoms with Gasteiger partial charge in [0, 0.05) is 32.4 Å². The number of urea groups is 1. The summed E-state index contributed by atoms with van der Waals surface area (Å²) in [6.45, 7) is -0.154. The number of hydrogen-bond acceptors (Lipinski definition) is 4. The van der Waals surface area contributed by atoms with Crippen molar-refractivity contribution in [2.45, 2.75) is 12.5 Å². The van der Waals surface area contributed by atoms with E-state index in [0.29, 0.717) is 5.69 Å². The zero-order valence-electron chi connectivity index (χ0n) is 11.2. The highest BCUT2D eigenvalue weighted by Crippen LogP contribution is 2.00. The Labute approximate surface area is 115 Å². The molecule has 1 heterocycles. The van der Waals surface area contributed by atoms with Gasteiger partial charge in [-0.25, -0.2) is 14.6 Å². The van der Waals surface area contributed by atoms with Crippen molar-refractivity contribution in [1.82, 2.24) is 25.5 Å². The molecule has 0 aliphatic carbocycles. The summed E-state index contributed by atoms with van der Waals surface area (Å²) >= 11 is 0. The summed E-state index contributed by atoms with van der Waals surface area (Å²) in [5.74, 6) is -1.51. The highest BCUT2D eigenvalue weighted by atomic mass is 16.4. The average Bonchev–Trinajstić information content (AvgIpc) is 2.90. The van der Waals surface area contributed by atoms with Crippen LogP contribution in [0.2, 0.25) is 0 Å². The zero-order chi connectivity index (χ0) is 15.1. The molecule has 3 amide bonds. The summed E-state index contributed by atoms with van der Waals surface area (Å²) in [5, 5.41) is 13.8. The molecule has 9 heteroatoms. The van der Waals surface area contributed by atoms with E-state index >= 15 is 0 Å². The fourth-order valence-corrected chi connectivity index (χ4v) is 1.44. The molecule has 0 spiro atoms. The summed E-state index contributed by atoms with van der Waals surface area (Å²) in [7, 11) is 2.85. The first kappa shape index (κ1) is 15.5. The number of likely N-dealkylation sites (N-methyl/N-ethyl adjacent to an activating group) is 2. The minimum Gasteiger partial charge on any atom is -0.480 e. The maximum absolute atomic E-state index is 11.8. The summed E-state index contributed by atoms with van der Waals surface area (Å²) in [6.07, 6.45) is 2.99. The van der Waals surface area contributed by atoms with Gasteiger partial charge in [0.05, 0.1) is 6.33 Å². The van der Waals surface area contributed by atoms with Crippen LogP contribution in [0.25, 0.3) is 0 Å². The zero-order valence-corrected chi connectivity index (χ0v) is 11.2. The van der Waals surface area contributed by atoms with Crippen molar-refractivity contribution in [3.05, 3.63) is 18.2 Å². The van der Waals surface area contributed by atoms with Crippen LogP contribution < -0.4 is 10.6 Å². The van der Waals surface area contributed by atoms with Gasteiger partial charge in [-0.05, 0) is 0 Å². The van der Waals surface area contributed by atoms with Crippen molar-refractivity contribution in [2.75, 3.05) is 20.6 Å². The SMILES string of the molecule is CNC(=O)CN(C)C(=O)NC(Cc1cnc[nH]1)C(=O)O. The van der Waals surface area contributed by atoms with Crippen molar-refractivity contribution < 1.29 is 19.5 Å². The second-order valence-corrected chi connectivity index (χ2v) is 4.15. The van der Waals surface area contributed by atoms with Gasteiger partial charge in [0.15, 0.2) is 0 Å². The number of carboxylic acids is 1. The van der Waals surface area contributed by atoms with Crippen LogP contribution >= 0.6 is 0 Å². The van der Waals surface area contributed by atoms with Gasteiger partial charge in [-0.2, -0.15) is 0 Å². The quantitative estimate of drug-likeness (QED) is 0.521. The van der Waals surface area contributed by atoms with E-state index in [9.17, 15) is 14.4 Å². The lowest BCUT2D eigenvalue weighted by atomic mass is 10.1. The molecule has 0 fully saturated rings. The van der Waals surface area contributed by atoms with Gasteiger partial charge in [-0.1, -0.05) is 0 Å². The number of nitrogens with zero attached hydrogens (tertiary/aromatic N) is 2. The molecule has 9 nitrogen and oxygen atoms in total. The van der Waals surface area contributed by atoms with Gasteiger partial charge in [-0.15, -0.1) is 0 Å². The van der Waals surface area contributed by atoms with Crippen molar-refractivity contribution in [3.8, 4) is 0 Å². The average molecular weight is 283 g/mol. The maximum atomic E-state index is 11.8. The van der Waals surface area contributed by atoms with E-state index in [1.165, 1.54) is 26.6 Å². The number of carbonyl (C=O) groups is 3.